The molecule has 3 heterocycles. The fraction of sp³-hybridized carbons (Fsp3) is 0.444. The highest BCUT2D eigenvalue weighted by Crippen LogP contribution is 2.31. The quantitative estimate of drug-likeness (QED) is 0.558. The Bertz CT molecular complexity index is 1160. The van der Waals surface area contributed by atoms with Gasteiger partial charge >= 0.3 is 0 Å². The molecule has 0 radical (unpaired) electrons. The van der Waals surface area contributed by atoms with E-state index in [0.29, 0.717) is 12.2 Å². The normalized spacial score (nSPS) is 16.7. The molecule has 6 nitrogen and oxygen atoms in total. The van der Waals surface area contributed by atoms with E-state index in [4.69, 9.17) is 9.72 Å². The summed E-state index contributed by atoms with van der Waals surface area (Å²) in [6.45, 7) is 9.81. The minimum atomic E-state index is -0.0945. The highest BCUT2D eigenvalue weighted by atomic mass is 16.5. The Morgan fingerprint density at radius 3 is 2.61 bits per heavy atom. The molecule has 1 aromatic carbocycles. The fourth-order valence-electron chi connectivity index (χ4n) is 4.47. The van der Waals surface area contributed by atoms with Gasteiger partial charge in [0.15, 0.2) is 0 Å². The summed E-state index contributed by atoms with van der Waals surface area (Å²) in [7, 11) is 3.54. The maximum Gasteiger partial charge on any atom is 0.272 e. The van der Waals surface area contributed by atoms with Gasteiger partial charge in [0, 0.05) is 42.9 Å². The molecule has 1 atom stereocenters. The van der Waals surface area contributed by atoms with Crippen LogP contribution >= 0.6 is 0 Å². The summed E-state index contributed by atoms with van der Waals surface area (Å²) in [6.07, 6.45) is 1.99. The van der Waals surface area contributed by atoms with Crippen LogP contribution in [0.15, 0.2) is 42.5 Å². The van der Waals surface area contributed by atoms with Crippen LogP contribution < -0.4 is 4.74 Å². The molecule has 6 heteroatoms. The van der Waals surface area contributed by atoms with Gasteiger partial charge in [-0.15, -0.1) is 0 Å². The SMILES string of the molecule is COc1cccc(-c2cc(C)nc(C3CCCN(C(=O)c4cc(C(C)(C)C)nn4C)C3)c2)c1. The van der Waals surface area contributed by atoms with Crippen molar-refractivity contribution in [2.45, 2.75) is 51.9 Å². The van der Waals surface area contributed by atoms with E-state index >= 15 is 0 Å². The molecule has 4 rings (SSSR count). The number of methoxy groups -OCH3 is 1. The summed E-state index contributed by atoms with van der Waals surface area (Å²) >= 11 is 0. The molecule has 0 saturated carbocycles. The van der Waals surface area contributed by atoms with Crippen LogP contribution in [0.2, 0.25) is 0 Å². The van der Waals surface area contributed by atoms with Gasteiger partial charge in [-0.1, -0.05) is 32.9 Å². The number of pyridine rings is 1. The van der Waals surface area contributed by atoms with E-state index in [-0.39, 0.29) is 17.2 Å². The van der Waals surface area contributed by atoms with E-state index in [1.807, 2.05) is 43.1 Å². The number of hydrogen-bond acceptors (Lipinski definition) is 4. The van der Waals surface area contributed by atoms with Gasteiger partial charge in [0.1, 0.15) is 11.4 Å². The molecule has 3 aromatic rings. The van der Waals surface area contributed by atoms with E-state index in [1.54, 1.807) is 11.8 Å². The third-order valence-corrected chi connectivity index (χ3v) is 6.37. The number of amides is 1. The molecule has 1 aliphatic rings. The van der Waals surface area contributed by atoms with E-state index < -0.39 is 0 Å². The summed E-state index contributed by atoms with van der Waals surface area (Å²) in [5.74, 6) is 1.09. The van der Waals surface area contributed by atoms with Crippen molar-refractivity contribution in [2.24, 2.45) is 7.05 Å². The first kappa shape index (κ1) is 23.0. The molecular weight excluding hydrogens is 412 g/mol. The summed E-state index contributed by atoms with van der Waals surface area (Å²) in [5.41, 5.74) is 5.75. The first-order valence-corrected chi connectivity index (χ1v) is 11.6. The van der Waals surface area contributed by atoms with Crippen molar-refractivity contribution in [3.05, 3.63) is 65.2 Å². The summed E-state index contributed by atoms with van der Waals surface area (Å²) in [5, 5.41) is 4.59. The Labute approximate surface area is 196 Å². The lowest BCUT2D eigenvalue weighted by atomic mass is 9.91. The Hall–Kier alpha value is -3.15. The number of carbonyl (C=O) groups excluding carboxylic acids is 1. The first-order valence-electron chi connectivity index (χ1n) is 11.6. The molecule has 33 heavy (non-hydrogen) atoms. The zero-order valence-corrected chi connectivity index (χ0v) is 20.6. The van der Waals surface area contributed by atoms with Gasteiger partial charge < -0.3 is 9.64 Å². The number of aryl methyl sites for hydroxylation is 2. The minimum absolute atomic E-state index is 0.0471. The molecule has 0 bridgehead atoms. The largest absolute Gasteiger partial charge is 0.497 e. The summed E-state index contributed by atoms with van der Waals surface area (Å²) in [6, 6.07) is 14.3. The van der Waals surface area contributed by atoms with Gasteiger partial charge in [-0.3, -0.25) is 14.5 Å². The van der Waals surface area contributed by atoms with Gasteiger partial charge in [0.2, 0.25) is 0 Å². The van der Waals surface area contributed by atoms with Crippen LogP contribution in [0.4, 0.5) is 0 Å². The lowest BCUT2D eigenvalue weighted by Gasteiger charge is -2.32. The number of benzene rings is 1. The van der Waals surface area contributed by atoms with E-state index in [2.05, 4.69) is 44.1 Å². The molecule has 0 N–H and O–H groups in total. The molecule has 1 fully saturated rings. The maximum absolute atomic E-state index is 13.4. The van der Waals surface area contributed by atoms with Gasteiger partial charge in [0.05, 0.1) is 12.8 Å². The van der Waals surface area contributed by atoms with Crippen LogP contribution in [-0.4, -0.2) is 45.8 Å². The Morgan fingerprint density at radius 2 is 1.91 bits per heavy atom. The molecular formula is C27H34N4O2. The Balaban J connectivity index is 1.58. The second kappa shape index (κ2) is 9.00. The second-order valence-corrected chi connectivity index (χ2v) is 10.0. The van der Waals surface area contributed by atoms with Crippen LogP contribution in [-0.2, 0) is 12.5 Å². The topological polar surface area (TPSA) is 60.2 Å². The Kier molecular flexibility index (Phi) is 6.28. The lowest BCUT2D eigenvalue weighted by Crippen LogP contribution is -2.40. The smallest absolute Gasteiger partial charge is 0.272 e. The third kappa shape index (κ3) is 4.95. The summed E-state index contributed by atoms with van der Waals surface area (Å²) < 4.78 is 7.12. The molecule has 1 amide bonds. The molecule has 0 spiro atoms. The average Bonchev–Trinajstić information content (AvgIpc) is 3.20. The number of rotatable bonds is 4. The zero-order valence-electron chi connectivity index (χ0n) is 20.6. The van der Waals surface area contributed by atoms with Gasteiger partial charge in [-0.05, 0) is 61.2 Å². The summed E-state index contributed by atoms with van der Waals surface area (Å²) in [4.78, 5) is 20.2. The van der Waals surface area contributed by atoms with Crippen molar-refractivity contribution in [1.29, 1.82) is 0 Å². The maximum atomic E-state index is 13.4. The number of piperidine rings is 1. The van der Waals surface area contributed by atoms with Crippen LogP contribution in [0.25, 0.3) is 11.1 Å². The number of aromatic nitrogens is 3. The van der Waals surface area contributed by atoms with Crippen LogP contribution in [0.5, 0.6) is 5.75 Å². The van der Waals surface area contributed by atoms with Crippen LogP contribution in [0.1, 0.15) is 67.1 Å². The number of ether oxygens (including phenoxy) is 1. The molecule has 0 aliphatic carbocycles. The Morgan fingerprint density at radius 1 is 1.12 bits per heavy atom. The molecule has 1 saturated heterocycles. The second-order valence-electron chi connectivity index (χ2n) is 10.0. The monoisotopic (exact) mass is 446 g/mol. The predicted molar refractivity (Wildman–Crippen MR) is 131 cm³/mol. The van der Waals surface area contributed by atoms with Crippen molar-refractivity contribution >= 4 is 5.91 Å². The highest BCUT2D eigenvalue weighted by Gasteiger charge is 2.29. The minimum Gasteiger partial charge on any atom is -0.497 e. The lowest BCUT2D eigenvalue weighted by molar-refractivity contribution is 0.0694. The van der Waals surface area contributed by atoms with E-state index in [9.17, 15) is 4.79 Å². The third-order valence-electron chi connectivity index (χ3n) is 6.37. The van der Waals surface area contributed by atoms with Crippen molar-refractivity contribution < 1.29 is 9.53 Å². The van der Waals surface area contributed by atoms with Gasteiger partial charge in [-0.2, -0.15) is 5.10 Å². The van der Waals surface area contributed by atoms with Gasteiger partial charge in [-0.25, -0.2) is 0 Å². The van der Waals surface area contributed by atoms with Crippen molar-refractivity contribution in [3.63, 3.8) is 0 Å². The van der Waals surface area contributed by atoms with E-state index in [1.165, 1.54) is 0 Å². The molecule has 1 unspecified atom stereocenters. The highest BCUT2D eigenvalue weighted by molar-refractivity contribution is 5.93. The van der Waals surface area contributed by atoms with Crippen molar-refractivity contribution in [1.82, 2.24) is 19.7 Å². The number of hydrogen-bond donors (Lipinski definition) is 0. The standard InChI is InChI=1S/C27H34N4O2/c1-18-13-21(19-9-7-11-22(14-19)33-6)15-23(28-18)20-10-8-12-31(17-20)26(32)24-16-25(27(2,3)4)29-30(24)5/h7,9,11,13-16,20H,8,10,12,17H2,1-6H3. The first-order chi connectivity index (χ1) is 15.7. The van der Waals surface area contributed by atoms with Crippen LogP contribution in [0.3, 0.4) is 0 Å². The number of nitrogens with zero attached hydrogens (tertiary/aromatic N) is 4. The van der Waals surface area contributed by atoms with Crippen LogP contribution in [0, 0.1) is 6.92 Å². The fourth-order valence-corrected chi connectivity index (χ4v) is 4.47. The molecule has 1 aliphatic heterocycles. The van der Waals surface area contributed by atoms with E-state index in [0.717, 1.165) is 53.3 Å². The van der Waals surface area contributed by atoms with Crippen molar-refractivity contribution in [2.75, 3.05) is 20.2 Å². The molecule has 2 aromatic heterocycles. The predicted octanol–water partition coefficient (Wildman–Crippen LogP) is 5.12. The van der Waals surface area contributed by atoms with Gasteiger partial charge in [0.25, 0.3) is 5.91 Å². The van der Waals surface area contributed by atoms with Crippen molar-refractivity contribution in [3.8, 4) is 16.9 Å². The zero-order chi connectivity index (χ0) is 23.8. The number of likely N-dealkylation sites (tertiary alicyclic amines) is 1. The molecule has 174 valence electrons. The average molecular weight is 447 g/mol. The number of carbonyl (C=O) groups is 1.